The summed E-state index contributed by atoms with van der Waals surface area (Å²) in [6.45, 7) is 3.78. The highest BCUT2D eigenvalue weighted by molar-refractivity contribution is 4.88. The van der Waals surface area contributed by atoms with Crippen LogP contribution in [-0.2, 0) is 9.47 Å². The van der Waals surface area contributed by atoms with E-state index in [0.717, 1.165) is 12.8 Å². The zero-order valence-electron chi connectivity index (χ0n) is 8.71. The Bertz CT molecular complexity index is 161. The molecule has 0 bridgehead atoms. The Labute approximate surface area is 80.9 Å². The van der Waals surface area contributed by atoms with Crippen molar-refractivity contribution >= 4 is 0 Å². The van der Waals surface area contributed by atoms with E-state index >= 15 is 0 Å². The van der Waals surface area contributed by atoms with Gasteiger partial charge in [0, 0.05) is 26.6 Å². The third kappa shape index (κ3) is 2.12. The molecule has 0 aromatic heterocycles. The van der Waals surface area contributed by atoms with Gasteiger partial charge in [-0.15, -0.1) is 6.58 Å². The molecule has 0 aromatic rings. The third-order valence-corrected chi connectivity index (χ3v) is 3.09. The van der Waals surface area contributed by atoms with Crippen molar-refractivity contribution in [2.45, 2.75) is 37.9 Å². The number of ether oxygens (including phenoxy) is 2. The predicted octanol–water partition coefficient (Wildman–Crippen LogP) is 2.74. The van der Waals surface area contributed by atoms with Crippen molar-refractivity contribution in [1.29, 1.82) is 0 Å². The molecule has 0 amide bonds. The standard InChI is InChI=1S/C11H20O2/c1-4-7-10-8-5-6-9-11(10,12-2)13-3/h4,10H,1,5-9H2,2-3H3. The fourth-order valence-corrected chi connectivity index (χ4v) is 2.31. The van der Waals surface area contributed by atoms with E-state index in [1.807, 2.05) is 6.08 Å². The van der Waals surface area contributed by atoms with E-state index in [1.54, 1.807) is 14.2 Å². The molecule has 0 N–H and O–H groups in total. The topological polar surface area (TPSA) is 18.5 Å². The molecule has 0 saturated heterocycles. The molecular weight excluding hydrogens is 164 g/mol. The number of methoxy groups -OCH3 is 2. The highest BCUT2D eigenvalue weighted by Crippen LogP contribution is 2.38. The number of rotatable bonds is 4. The fourth-order valence-electron chi connectivity index (χ4n) is 2.31. The first-order valence-electron chi connectivity index (χ1n) is 5.00. The highest BCUT2D eigenvalue weighted by atomic mass is 16.7. The normalized spacial score (nSPS) is 27.1. The number of allylic oxidation sites excluding steroid dienone is 1. The second-order valence-corrected chi connectivity index (χ2v) is 3.69. The lowest BCUT2D eigenvalue weighted by atomic mass is 9.81. The minimum absolute atomic E-state index is 0.341. The second-order valence-electron chi connectivity index (χ2n) is 3.69. The van der Waals surface area contributed by atoms with Crippen LogP contribution in [0.3, 0.4) is 0 Å². The van der Waals surface area contributed by atoms with E-state index in [9.17, 15) is 0 Å². The van der Waals surface area contributed by atoms with Gasteiger partial charge in [0.2, 0.25) is 0 Å². The molecule has 1 rings (SSSR count). The molecule has 76 valence electrons. The van der Waals surface area contributed by atoms with Gasteiger partial charge < -0.3 is 9.47 Å². The summed E-state index contributed by atoms with van der Waals surface area (Å²) >= 11 is 0. The molecule has 2 heteroatoms. The highest BCUT2D eigenvalue weighted by Gasteiger charge is 2.40. The number of hydrogen-bond acceptors (Lipinski definition) is 2. The molecule has 0 heterocycles. The van der Waals surface area contributed by atoms with Crippen LogP contribution >= 0.6 is 0 Å². The van der Waals surface area contributed by atoms with Crippen molar-refractivity contribution in [1.82, 2.24) is 0 Å². The van der Waals surface area contributed by atoms with Gasteiger partial charge in [0.15, 0.2) is 5.79 Å². The Morgan fingerprint density at radius 1 is 1.38 bits per heavy atom. The average molecular weight is 184 g/mol. The van der Waals surface area contributed by atoms with Crippen molar-refractivity contribution < 1.29 is 9.47 Å². The zero-order valence-corrected chi connectivity index (χ0v) is 8.71. The van der Waals surface area contributed by atoms with Gasteiger partial charge in [-0.3, -0.25) is 0 Å². The average Bonchev–Trinajstić information content (AvgIpc) is 2.20. The summed E-state index contributed by atoms with van der Waals surface area (Å²) in [5.41, 5.74) is 0. The summed E-state index contributed by atoms with van der Waals surface area (Å²) < 4.78 is 11.0. The van der Waals surface area contributed by atoms with E-state index in [-0.39, 0.29) is 5.79 Å². The van der Waals surface area contributed by atoms with E-state index < -0.39 is 0 Å². The molecule has 1 atom stereocenters. The maximum absolute atomic E-state index is 5.52. The summed E-state index contributed by atoms with van der Waals surface area (Å²) in [7, 11) is 3.48. The molecule has 2 nitrogen and oxygen atoms in total. The molecule has 0 aromatic carbocycles. The first-order valence-corrected chi connectivity index (χ1v) is 5.00. The lowest BCUT2D eigenvalue weighted by Gasteiger charge is -2.41. The molecule has 1 unspecified atom stereocenters. The van der Waals surface area contributed by atoms with Crippen LogP contribution in [0.25, 0.3) is 0 Å². The van der Waals surface area contributed by atoms with Gasteiger partial charge in [0.1, 0.15) is 0 Å². The van der Waals surface area contributed by atoms with Gasteiger partial charge in [-0.05, 0) is 19.3 Å². The Balaban J connectivity index is 2.68. The van der Waals surface area contributed by atoms with Crippen molar-refractivity contribution in [2.24, 2.45) is 5.92 Å². The summed E-state index contributed by atoms with van der Waals surface area (Å²) in [6, 6.07) is 0. The fraction of sp³-hybridized carbons (Fsp3) is 0.818. The predicted molar refractivity (Wildman–Crippen MR) is 53.5 cm³/mol. The van der Waals surface area contributed by atoms with Crippen molar-refractivity contribution in [3.05, 3.63) is 12.7 Å². The zero-order chi connectivity index (χ0) is 9.73. The van der Waals surface area contributed by atoms with Crippen LogP contribution in [0, 0.1) is 5.92 Å². The smallest absolute Gasteiger partial charge is 0.170 e. The monoisotopic (exact) mass is 184 g/mol. The molecule has 1 fully saturated rings. The maximum atomic E-state index is 5.52. The lowest BCUT2D eigenvalue weighted by Crippen LogP contribution is -2.44. The van der Waals surface area contributed by atoms with Crippen LogP contribution in [0.5, 0.6) is 0 Å². The third-order valence-electron chi connectivity index (χ3n) is 3.09. The Hall–Kier alpha value is -0.340. The summed E-state index contributed by atoms with van der Waals surface area (Å²) in [6.07, 6.45) is 7.64. The van der Waals surface area contributed by atoms with Crippen LogP contribution in [-0.4, -0.2) is 20.0 Å². The molecule has 1 aliphatic carbocycles. The summed E-state index contributed by atoms with van der Waals surface area (Å²) in [4.78, 5) is 0. The van der Waals surface area contributed by atoms with Crippen molar-refractivity contribution in [3.8, 4) is 0 Å². The van der Waals surface area contributed by atoms with E-state index in [4.69, 9.17) is 9.47 Å². The number of hydrogen-bond donors (Lipinski definition) is 0. The maximum Gasteiger partial charge on any atom is 0.170 e. The Kier molecular flexibility index (Phi) is 3.94. The molecule has 13 heavy (non-hydrogen) atoms. The van der Waals surface area contributed by atoms with Gasteiger partial charge in [-0.1, -0.05) is 12.5 Å². The van der Waals surface area contributed by atoms with Crippen LogP contribution in [0.2, 0.25) is 0 Å². The van der Waals surface area contributed by atoms with Gasteiger partial charge in [0.05, 0.1) is 0 Å². The van der Waals surface area contributed by atoms with E-state index in [2.05, 4.69) is 6.58 Å². The minimum atomic E-state index is -0.341. The molecule has 1 aliphatic rings. The van der Waals surface area contributed by atoms with E-state index in [0.29, 0.717) is 5.92 Å². The van der Waals surface area contributed by atoms with E-state index in [1.165, 1.54) is 19.3 Å². The van der Waals surface area contributed by atoms with Gasteiger partial charge in [-0.2, -0.15) is 0 Å². The van der Waals surface area contributed by atoms with Crippen molar-refractivity contribution in [3.63, 3.8) is 0 Å². The molecular formula is C11H20O2. The molecule has 0 radical (unpaired) electrons. The van der Waals surface area contributed by atoms with Gasteiger partial charge >= 0.3 is 0 Å². The molecule has 0 aliphatic heterocycles. The Morgan fingerprint density at radius 2 is 2.08 bits per heavy atom. The molecule has 0 spiro atoms. The molecule has 1 saturated carbocycles. The quantitative estimate of drug-likeness (QED) is 0.494. The minimum Gasteiger partial charge on any atom is -0.353 e. The Morgan fingerprint density at radius 3 is 2.62 bits per heavy atom. The SMILES string of the molecule is C=CCC1CCCCC1(OC)OC. The van der Waals surface area contributed by atoms with Crippen LogP contribution in [0.1, 0.15) is 32.1 Å². The van der Waals surface area contributed by atoms with Gasteiger partial charge in [-0.25, -0.2) is 0 Å². The first kappa shape index (κ1) is 10.7. The van der Waals surface area contributed by atoms with Crippen LogP contribution in [0.4, 0.5) is 0 Å². The van der Waals surface area contributed by atoms with Crippen LogP contribution < -0.4 is 0 Å². The largest absolute Gasteiger partial charge is 0.353 e. The summed E-state index contributed by atoms with van der Waals surface area (Å²) in [5.74, 6) is 0.139. The van der Waals surface area contributed by atoms with Crippen LogP contribution in [0.15, 0.2) is 12.7 Å². The first-order chi connectivity index (χ1) is 6.29. The second kappa shape index (κ2) is 4.77. The summed E-state index contributed by atoms with van der Waals surface area (Å²) in [5, 5.41) is 0. The van der Waals surface area contributed by atoms with Crippen molar-refractivity contribution in [2.75, 3.05) is 14.2 Å². The lowest BCUT2D eigenvalue weighted by molar-refractivity contribution is -0.253. The van der Waals surface area contributed by atoms with Gasteiger partial charge in [0.25, 0.3) is 0 Å².